The van der Waals surface area contributed by atoms with Gasteiger partial charge < -0.3 is 4.90 Å². The molecule has 0 unspecified atom stereocenters. The van der Waals surface area contributed by atoms with Crippen LogP contribution in [0.3, 0.4) is 0 Å². The molecule has 3 heterocycles. The molecule has 2 aromatic rings. The zero-order chi connectivity index (χ0) is 19.8. The lowest BCUT2D eigenvalue weighted by Gasteiger charge is -2.50. The van der Waals surface area contributed by atoms with Gasteiger partial charge in [0.05, 0.1) is 5.52 Å². The van der Waals surface area contributed by atoms with E-state index in [1.807, 2.05) is 18.2 Å². The predicted molar refractivity (Wildman–Crippen MR) is 111 cm³/mol. The first-order valence-corrected chi connectivity index (χ1v) is 11.0. The fourth-order valence-electron chi connectivity index (χ4n) is 5.19. The van der Waals surface area contributed by atoms with Gasteiger partial charge in [-0.25, -0.2) is 18.7 Å². The van der Waals surface area contributed by atoms with Crippen molar-refractivity contribution in [3.63, 3.8) is 0 Å². The molecule has 1 aromatic carbocycles. The molecule has 5 nitrogen and oxygen atoms in total. The van der Waals surface area contributed by atoms with Crippen LogP contribution < -0.4 is 4.90 Å². The number of hydrogen-bond donors (Lipinski definition) is 0. The van der Waals surface area contributed by atoms with Crippen molar-refractivity contribution in [2.75, 3.05) is 44.2 Å². The Morgan fingerprint density at radius 2 is 1.48 bits per heavy atom. The van der Waals surface area contributed by atoms with Gasteiger partial charge in [-0.15, -0.1) is 0 Å². The van der Waals surface area contributed by atoms with Crippen molar-refractivity contribution in [2.24, 2.45) is 0 Å². The Bertz CT molecular complexity index is 840. The molecule has 3 aliphatic rings. The molecule has 29 heavy (non-hydrogen) atoms. The van der Waals surface area contributed by atoms with Gasteiger partial charge in [-0.1, -0.05) is 31.4 Å². The monoisotopic (exact) mass is 401 g/mol. The Hall–Kier alpha value is -1.86. The van der Waals surface area contributed by atoms with E-state index in [9.17, 15) is 8.78 Å². The summed E-state index contributed by atoms with van der Waals surface area (Å²) in [5.74, 6) is 0.284. The van der Waals surface area contributed by atoms with Gasteiger partial charge in [-0.3, -0.25) is 9.80 Å². The van der Waals surface area contributed by atoms with E-state index in [2.05, 4.69) is 24.7 Å². The summed E-state index contributed by atoms with van der Waals surface area (Å²) in [6.45, 7) is 6.25. The van der Waals surface area contributed by atoms with Crippen LogP contribution in [0.25, 0.3) is 10.9 Å². The molecule has 5 rings (SSSR count). The van der Waals surface area contributed by atoms with E-state index in [0.29, 0.717) is 17.4 Å². The number of piperazine rings is 1. The van der Waals surface area contributed by atoms with E-state index in [4.69, 9.17) is 0 Å². The molecule has 0 spiro atoms. The molecule has 0 amide bonds. The first kappa shape index (κ1) is 19.1. The molecule has 0 bridgehead atoms. The number of alkyl halides is 2. The van der Waals surface area contributed by atoms with E-state index < -0.39 is 6.43 Å². The van der Waals surface area contributed by atoms with Crippen LogP contribution in [0.4, 0.5) is 14.6 Å². The van der Waals surface area contributed by atoms with Crippen LogP contribution in [0.1, 0.15) is 44.4 Å². The molecular formula is C22H29F2N5. The maximum Gasteiger partial charge on any atom is 0.297 e. The highest BCUT2D eigenvalue weighted by molar-refractivity contribution is 5.89. The highest BCUT2D eigenvalue weighted by Crippen LogP contribution is 2.31. The van der Waals surface area contributed by atoms with Crippen molar-refractivity contribution in [2.45, 2.75) is 50.6 Å². The maximum atomic E-state index is 13.3. The molecule has 0 radical (unpaired) electrons. The quantitative estimate of drug-likeness (QED) is 0.781. The fourth-order valence-corrected chi connectivity index (χ4v) is 5.19. The van der Waals surface area contributed by atoms with E-state index in [-0.39, 0.29) is 5.82 Å². The Morgan fingerprint density at radius 3 is 2.17 bits per heavy atom. The van der Waals surface area contributed by atoms with Crippen LogP contribution in [0.15, 0.2) is 24.3 Å². The lowest BCUT2D eigenvalue weighted by molar-refractivity contribution is 0.0487. The molecule has 0 atom stereocenters. The molecule has 0 N–H and O–H groups in total. The third kappa shape index (κ3) is 3.82. The number of nitrogens with zero attached hydrogens (tertiary/aromatic N) is 5. The minimum Gasteiger partial charge on any atom is -0.353 e. The molecule has 2 saturated heterocycles. The zero-order valence-corrected chi connectivity index (χ0v) is 16.8. The van der Waals surface area contributed by atoms with Crippen LogP contribution in [0, 0.1) is 0 Å². The Kier molecular flexibility index (Phi) is 5.35. The van der Waals surface area contributed by atoms with Crippen molar-refractivity contribution in [3.8, 4) is 0 Å². The van der Waals surface area contributed by atoms with Gasteiger partial charge in [0.1, 0.15) is 5.82 Å². The Morgan fingerprint density at radius 1 is 0.828 bits per heavy atom. The van der Waals surface area contributed by atoms with Crippen molar-refractivity contribution in [1.82, 2.24) is 19.8 Å². The van der Waals surface area contributed by atoms with E-state index in [1.165, 1.54) is 32.1 Å². The van der Waals surface area contributed by atoms with Crippen molar-refractivity contribution >= 4 is 16.7 Å². The predicted octanol–water partition coefficient (Wildman–Crippen LogP) is 3.71. The number of para-hydroxylation sites is 1. The van der Waals surface area contributed by atoms with Gasteiger partial charge >= 0.3 is 0 Å². The molecule has 3 fully saturated rings. The summed E-state index contributed by atoms with van der Waals surface area (Å²) >= 11 is 0. The van der Waals surface area contributed by atoms with Crippen LogP contribution >= 0.6 is 0 Å². The summed E-state index contributed by atoms with van der Waals surface area (Å²) in [4.78, 5) is 15.7. The third-order valence-corrected chi connectivity index (χ3v) is 6.91. The Balaban J connectivity index is 1.22. The minimum atomic E-state index is -2.65. The van der Waals surface area contributed by atoms with Crippen molar-refractivity contribution < 1.29 is 8.78 Å². The summed E-state index contributed by atoms with van der Waals surface area (Å²) in [6.07, 6.45) is 4.25. The van der Waals surface area contributed by atoms with Crippen LogP contribution in [0.5, 0.6) is 0 Å². The number of hydrogen-bond acceptors (Lipinski definition) is 5. The lowest BCUT2D eigenvalue weighted by atomic mass is 9.93. The molecule has 1 saturated carbocycles. The van der Waals surface area contributed by atoms with Gasteiger partial charge in [-0.05, 0) is 25.0 Å². The smallest absolute Gasteiger partial charge is 0.297 e. The summed E-state index contributed by atoms with van der Waals surface area (Å²) < 4.78 is 26.5. The average molecular weight is 402 g/mol. The number of rotatable bonds is 4. The lowest BCUT2D eigenvalue weighted by Crippen LogP contribution is -2.64. The van der Waals surface area contributed by atoms with E-state index in [0.717, 1.165) is 50.7 Å². The largest absolute Gasteiger partial charge is 0.353 e. The summed E-state index contributed by atoms with van der Waals surface area (Å²) in [7, 11) is 0. The summed E-state index contributed by atoms with van der Waals surface area (Å²) in [5, 5.41) is 0.859. The van der Waals surface area contributed by atoms with E-state index in [1.54, 1.807) is 6.07 Å². The normalized spacial score (nSPS) is 23.1. The standard InChI is InChI=1S/C22H29F2N5/c23-20(24)21-25-19-9-5-4-8-18(19)22(26-21)29-14-17(15-29)28-12-10-27(11-13-28)16-6-2-1-3-7-16/h4-5,8-9,16-17,20H,1-3,6-7,10-15H2. The highest BCUT2D eigenvalue weighted by atomic mass is 19.3. The molecule has 2 aliphatic heterocycles. The number of aromatic nitrogens is 2. The van der Waals surface area contributed by atoms with Crippen molar-refractivity contribution in [1.29, 1.82) is 0 Å². The van der Waals surface area contributed by atoms with Gasteiger partial charge in [0.2, 0.25) is 0 Å². The van der Waals surface area contributed by atoms with Crippen LogP contribution in [-0.2, 0) is 0 Å². The third-order valence-electron chi connectivity index (χ3n) is 6.91. The molecule has 7 heteroatoms. The van der Waals surface area contributed by atoms with Crippen molar-refractivity contribution in [3.05, 3.63) is 30.1 Å². The molecule has 1 aliphatic carbocycles. The van der Waals surface area contributed by atoms with E-state index >= 15 is 0 Å². The van der Waals surface area contributed by atoms with Crippen LogP contribution in [0.2, 0.25) is 0 Å². The second-order valence-electron chi connectivity index (χ2n) is 8.65. The minimum absolute atomic E-state index is 0.372. The van der Waals surface area contributed by atoms with Gasteiger partial charge in [0.15, 0.2) is 5.82 Å². The molecule has 156 valence electrons. The number of anilines is 1. The SMILES string of the molecule is FC(F)c1nc(N2CC(N3CCN(C4CCCCC4)CC3)C2)c2ccccc2n1. The molecule has 1 aromatic heterocycles. The maximum absolute atomic E-state index is 13.3. The number of fused-ring (bicyclic) bond motifs is 1. The number of benzene rings is 1. The van der Waals surface area contributed by atoms with Gasteiger partial charge in [-0.2, -0.15) is 0 Å². The summed E-state index contributed by atoms with van der Waals surface area (Å²) in [6, 6.07) is 8.75. The summed E-state index contributed by atoms with van der Waals surface area (Å²) in [5.41, 5.74) is 0.595. The fraction of sp³-hybridized carbons (Fsp3) is 0.636. The topological polar surface area (TPSA) is 35.5 Å². The van der Waals surface area contributed by atoms with Gasteiger partial charge in [0.25, 0.3) is 6.43 Å². The zero-order valence-electron chi connectivity index (χ0n) is 16.8. The van der Waals surface area contributed by atoms with Crippen LogP contribution in [-0.4, -0.2) is 71.1 Å². The molecular weight excluding hydrogens is 372 g/mol. The second kappa shape index (κ2) is 8.11. The second-order valence-corrected chi connectivity index (χ2v) is 8.65. The first-order valence-electron chi connectivity index (χ1n) is 11.0. The Labute approximate surface area is 170 Å². The highest BCUT2D eigenvalue weighted by Gasteiger charge is 2.36. The average Bonchev–Trinajstić information content (AvgIpc) is 2.73. The van der Waals surface area contributed by atoms with Gasteiger partial charge in [0, 0.05) is 56.7 Å². The number of halogens is 2. The first-order chi connectivity index (χ1) is 14.2.